The summed E-state index contributed by atoms with van der Waals surface area (Å²) in [4.78, 5) is 13.3. The summed E-state index contributed by atoms with van der Waals surface area (Å²) in [6, 6.07) is 0. The van der Waals surface area contributed by atoms with Crippen molar-refractivity contribution in [3.63, 3.8) is 0 Å². The molecule has 0 aliphatic carbocycles. The summed E-state index contributed by atoms with van der Waals surface area (Å²) in [5, 5.41) is 0. The van der Waals surface area contributed by atoms with Crippen molar-refractivity contribution in [3.05, 3.63) is 16.9 Å². The number of piperazine rings is 1. The van der Waals surface area contributed by atoms with Crippen LogP contribution >= 0.6 is 15.9 Å². The maximum absolute atomic E-state index is 5.52. The molecule has 94 valence electrons. The molecule has 0 unspecified atom stereocenters. The lowest BCUT2D eigenvalue weighted by atomic mass is 10.3. The minimum atomic E-state index is 0.774. The minimum absolute atomic E-state index is 0.774. The summed E-state index contributed by atoms with van der Waals surface area (Å²) in [7, 11) is 0. The number of hydrogen-bond donors (Lipinski definition) is 1. The second-order valence-electron chi connectivity index (χ2n) is 4.17. The van der Waals surface area contributed by atoms with Gasteiger partial charge in [0.1, 0.15) is 0 Å². The highest BCUT2D eigenvalue weighted by molar-refractivity contribution is 9.10. The molecule has 0 saturated carbocycles. The predicted octanol–water partition coefficient (Wildman–Crippen LogP) is 0.710. The summed E-state index contributed by atoms with van der Waals surface area (Å²) in [5.74, 6) is 0.826. The number of nitrogens with two attached hydrogens (primary N) is 1. The van der Waals surface area contributed by atoms with Crippen LogP contribution in [-0.2, 0) is 0 Å². The van der Waals surface area contributed by atoms with Crippen LogP contribution < -0.4 is 10.6 Å². The number of hydrogen-bond acceptors (Lipinski definition) is 5. The molecule has 1 aromatic rings. The zero-order valence-corrected chi connectivity index (χ0v) is 11.4. The first-order valence-electron chi connectivity index (χ1n) is 5.94. The van der Waals surface area contributed by atoms with Crippen LogP contribution in [0.5, 0.6) is 0 Å². The maximum Gasteiger partial charge on any atom is 0.225 e. The largest absolute Gasteiger partial charge is 0.338 e. The summed E-state index contributed by atoms with van der Waals surface area (Å²) in [6.45, 7) is 6.00. The van der Waals surface area contributed by atoms with Crippen molar-refractivity contribution in [1.29, 1.82) is 0 Å². The van der Waals surface area contributed by atoms with Gasteiger partial charge in [0.15, 0.2) is 0 Å². The second kappa shape index (κ2) is 6.28. The molecule has 0 bridgehead atoms. The zero-order valence-electron chi connectivity index (χ0n) is 9.85. The van der Waals surface area contributed by atoms with Crippen LogP contribution in [0.25, 0.3) is 0 Å². The Morgan fingerprint density at radius 1 is 1.18 bits per heavy atom. The topological polar surface area (TPSA) is 58.3 Å². The van der Waals surface area contributed by atoms with Crippen molar-refractivity contribution < 1.29 is 0 Å². The molecule has 1 fully saturated rings. The fourth-order valence-electron chi connectivity index (χ4n) is 1.96. The van der Waals surface area contributed by atoms with Gasteiger partial charge < -0.3 is 10.6 Å². The SMILES string of the molecule is NCCCN1CCN(c2ncc(Br)cn2)CC1. The van der Waals surface area contributed by atoms with Gasteiger partial charge in [-0.25, -0.2) is 9.97 Å². The van der Waals surface area contributed by atoms with Crippen molar-refractivity contribution in [3.8, 4) is 0 Å². The fraction of sp³-hybridized carbons (Fsp3) is 0.636. The molecule has 2 heterocycles. The van der Waals surface area contributed by atoms with Crippen molar-refractivity contribution >= 4 is 21.9 Å². The highest BCUT2D eigenvalue weighted by Gasteiger charge is 2.18. The molecule has 6 heteroatoms. The van der Waals surface area contributed by atoms with Crippen LogP contribution in [0.4, 0.5) is 5.95 Å². The van der Waals surface area contributed by atoms with Gasteiger partial charge in [-0.05, 0) is 35.4 Å². The molecule has 0 amide bonds. The van der Waals surface area contributed by atoms with Crippen LogP contribution in [0, 0.1) is 0 Å². The lowest BCUT2D eigenvalue weighted by Crippen LogP contribution is -2.47. The van der Waals surface area contributed by atoms with Crippen LogP contribution in [0.3, 0.4) is 0 Å². The minimum Gasteiger partial charge on any atom is -0.338 e. The third kappa shape index (κ3) is 3.62. The summed E-state index contributed by atoms with van der Waals surface area (Å²) >= 11 is 3.34. The monoisotopic (exact) mass is 299 g/mol. The van der Waals surface area contributed by atoms with E-state index < -0.39 is 0 Å². The average Bonchev–Trinajstić information content (AvgIpc) is 2.38. The summed E-state index contributed by atoms with van der Waals surface area (Å²) < 4.78 is 0.919. The van der Waals surface area contributed by atoms with Crippen molar-refractivity contribution in [2.75, 3.05) is 44.2 Å². The Kier molecular flexibility index (Phi) is 4.70. The van der Waals surface area contributed by atoms with Gasteiger partial charge in [0, 0.05) is 38.6 Å². The highest BCUT2D eigenvalue weighted by Crippen LogP contribution is 2.13. The summed E-state index contributed by atoms with van der Waals surface area (Å²) in [6.07, 6.45) is 4.67. The van der Waals surface area contributed by atoms with Crippen molar-refractivity contribution in [2.45, 2.75) is 6.42 Å². The van der Waals surface area contributed by atoms with E-state index in [1.54, 1.807) is 12.4 Å². The van der Waals surface area contributed by atoms with Gasteiger partial charge in [0.05, 0.1) is 4.47 Å². The number of aromatic nitrogens is 2. The Morgan fingerprint density at radius 2 is 1.82 bits per heavy atom. The summed E-state index contributed by atoms with van der Waals surface area (Å²) in [5.41, 5.74) is 5.52. The molecule has 0 spiro atoms. The number of halogens is 1. The van der Waals surface area contributed by atoms with E-state index in [2.05, 4.69) is 35.7 Å². The van der Waals surface area contributed by atoms with Gasteiger partial charge in [0.2, 0.25) is 5.95 Å². The Labute approximate surface area is 110 Å². The first-order chi connectivity index (χ1) is 8.29. The molecular weight excluding hydrogens is 282 g/mol. The van der Waals surface area contributed by atoms with Crippen LogP contribution in [0.1, 0.15) is 6.42 Å². The van der Waals surface area contributed by atoms with Gasteiger partial charge in [-0.1, -0.05) is 0 Å². The molecule has 0 aromatic carbocycles. The first kappa shape index (κ1) is 12.7. The van der Waals surface area contributed by atoms with Gasteiger partial charge in [0.25, 0.3) is 0 Å². The normalized spacial score (nSPS) is 17.4. The molecule has 17 heavy (non-hydrogen) atoms. The molecular formula is C11H18BrN5. The molecule has 1 saturated heterocycles. The zero-order chi connectivity index (χ0) is 12.1. The van der Waals surface area contributed by atoms with E-state index in [0.717, 1.165) is 56.1 Å². The first-order valence-corrected chi connectivity index (χ1v) is 6.74. The van der Waals surface area contributed by atoms with E-state index in [-0.39, 0.29) is 0 Å². The Bertz CT molecular complexity index is 334. The van der Waals surface area contributed by atoms with Gasteiger partial charge in [-0.3, -0.25) is 4.90 Å². The molecule has 0 atom stereocenters. The smallest absolute Gasteiger partial charge is 0.225 e. The standard InChI is InChI=1S/C11H18BrN5/c12-10-8-14-11(15-9-10)17-6-4-16(5-7-17)3-1-2-13/h8-9H,1-7,13H2. The second-order valence-corrected chi connectivity index (χ2v) is 5.09. The highest BCUT2D eigenvalue weighted by atomic mass is 79.9. The molecule has 0 radical (unpaired) electrons. The Balaban J connectivity index is 1.84. The maximum atomic E-state index is 5.52. The van der Waals surface area contributed by atoms with E-state index >= 15 is 0 Å². The number of nitrogens with zero attached hydrogens (tertiary/aromatic N) is 4. The molecule has 1 aliphatic rings. The van der Waals surface area contributed by atoms with E-state index in [4.69, 9.17) is 5.73 Å². The molecule has 2 rings (SSSR count). The fourth-order valence-corrected chi connectivity index (χ4v) is 2.16. The molecule has 1 aliphatic heterocycles. The lowest BCUT2D eigenvalue weighted by molar-refractivity contribution is 0.255. The van der Waals surface area contributed by atoms with E-state index in [9.17, 15) is 0 Å². The van der Waals surface area contributed by atoms with Crippen molar-refractivity contribution in [2.24, 2.45) is 5.73 Å². The van der Waals surface area contributed by atoms with Crippen molar-refractivity contribution in [1.82, 2.24) is 14.9 Å². The van der Waals surface area contributed by atoms with Crippen LogP contribution in [0.15, 0.2) is 16.9 Å². The van der Waals surface area contributed by atoms with Gasteiger partial charge in [-0.15, -0.1) is 0 Å². The number of anilines is 1. The number of rotatable bonds is 4. The Hall–Kier alpha value is -0.720. The molecule has 1 aromatic heterocycles. The van der Waals surface area contributed by atoms with Crippen LogP contribution in [-0.4, -0.2) is 54.1 Å². The Morgan fingerprint density at radius 3 is 2.41 bits per heavy atom. The predicted molar refractivity (Wildman–Crippen MR) is 72.1 cm³/mol. The van der Waals surface area contributed by atoms with Gasteiger partial charge >= 0.3 is 0 Å². The quantitative estimate of drug-likeness (QED) is 0.887. The average molecular weight is 300 g/mol. The van der Waals surface area contributed by atoms with E-state index in [1.807, 2.05) is 0 Å². The van der Waals surface area contributed by atoms with E-state index in [1.165, 1.54) is 0 Å². The van der Waals surface area contributed by atoms with Gasteiger partial charge in [-0.2, -0.15) is 0 Å². The third-order valence-electron chi connectivity index (χ3n) is 2.94. The van der Waals surface area contributed by atoms with E-state index in [0.29, 0.717) is 0 Å². The lowest BCUT2D eigenvalue weighted by Gasteiger charge is -2.34. The third-order valence-corrected chi connectivity index (χ3v) is 3.35. The molecule has 5 nitrogen and oxygen atoms in total. The molecule has 2 N–H and O–H groups in total. The van der Waals surface area contributed by atoms with Crippen LogP contribution in [0.2, 0.25) is 0 Å².